The van der Waals surface area contributed by atoms with Crippen LogP contribution in [0.5, 0.6) is 5.88 Å². The average molecular weight is 240 g/mol. The Hall–Kier alpha value is -1.61. The zero-order valence-electron chi connectivity index (χ0n) is 10.3. The fraction of sp³-hybridized carbons (Fsp3) is 0.400. The predicted molar refractivity (Wildman–Crippen MR) is 70.9 cm³/mol. The highest BCUT2D eigenvalue weighted by Crippen LogP contribution is 2.39. The maximum atomic E-state index is 6.19. The van der Waals surface area contributed by atoms with Gasteiger partial charge in [-0.1, -0.05) is 18.2 Å². The molecule has 0 aliphatic carbocycles. The van der Waals surface area contributed by atoms with E-state index in [4.69, 9.17) is 4.74 Å². The van der Waals surface area contributed by atoms with Gasteiger partial charge in [-0.25, -0.2) is 4.98 Å². The summed E-state index contributed by atoms with van der Waals surface area (Å²) in [6, 6.07) is 10.5. The number of para-hydroxylation sites is 1. The molecule has 0 amide bonds. The van der Waals surface area contributed by atoms with Crippen LogP contribution >= 0.6 is 0 Å². The molecule has 0 bridgehead atoms. The monoisotopic (exact) mass is 240 g/mol. The van der Waals surface area contributed by atoms with Crippen LogP contribution in [-0.4, -0.2) is 23.7 Å². The average Bonchev–Trinajstić information content (AvgIpc) is 2.73. The molecule has 1 spiro atoms. The lowest BCUT2D eigenvalue weighted by Crippen LogP contribution is -2.45. The number of hydrogen-bond donors (Lipinski definition) is 1. The Balaban J connectivity index is 1.78. The minimum absolute atomic E-state index is 0.0119. The first-order valence-corrected chi connectivity index (χ1v) is 6.63. The SMILES string of the molecule is c1ccc2nc3c(cc2c1)CC1(CCNCC1)O3. The first-order chi connectivity index (χ1) is 8.85. The summed E-state index contributed by atoms with van der Waals surface area (Å²) >= 11 is 0. The number of hydrogen-bond acceptors (Lipinski definition) is 3. The van der Waals surface area contributed by atoms with Gasteiger partial charge in [0.05, 0.1) is 5.52 Å². The van der Waals surface area contributed by atoms with Crippen molar-refractivity contribution in [2.45, 2.75) is 24.9 Å². The van der Waals surface area contributed by atoms with E-state index >= 15 is 0 Å². The molecule has 2 aromatic rings. The Morgan fingerprint density at radius 3 is 2.89 bits per heavy atom. The molecule has 3 heterocycles. The van der Waals surface area contributed by atoms with Gasteiger partial charge in [0, 0.05) is 30.2 Å². The van der Waals surface area contributed by atoms with Crippen LogP contribution in [0.2, 0.25) is 0 Å². The van der Waals surface area contributed by atoms with Gasteiger partial charge in [0.1, 0.15) is 5.60 Å². The van der Waals surface area contributed by atoms with Crippen LogP contribution in [-0.2, 0) is 6.42 Å². The van der Waals surface area contributed by atoms with Crippen molar-refractivity contribution in [3.63, 3.8) is 0 Å². The lowest BCUT2D eigenvalue weighted by atomic mass is 9.88. The van der Waals surface area contributed by atoms with Gasteiger partial charge < -0.3 is 10.1 Å². The molecule has 1 fully saturated rings. The highest BCUT2D eigenvalue weighted by Gasteiger charge is 2.41. The lowest BCUT2D eigenvalue weighted by Gasteiger charge is -2.32. The van der Waals surface area contributed by atoms with Crippen molar-refractivity contribution in [2.75, 3.05) is 13.1 Å². The van der Waals surface area contributed by atoms with E-state index in [0.717, 1.165) is 43.7 Å². The third-order valence-corrected chi connectivity index (χ3v) is 4.10. The minimum atomic E-state index is 0.0119. The molecule has 2 aliphatic rings. The quantitative estimate of drug-likeness (QED) is 0.767. The molecule has 92 valence electrons. The molecule has 0 saturated carbocycles. The summed E-state index contributed by atoms with van der Waals surface area (Å²) in [5.41, 5.74) is 2.32. The third-order valence-electron chi connectivity index (χ3n) is 4.10. The maximum absolute atomic E-state index is 6.19. The van der Waals surface area contributed by atoms with E-state index in [9.17, 15) is 0 Å². The summed E-state index contributed by atoms with van der Waals surface area (Å²) < 4.78 is 6.19. The number of pyridine rings is 1. The van der Waals surface area contributed by atoms with Crippen LogP contribution in [0.15, 0.2) is 30.3 Å². The smallest absolute Gasteiger partial charge is 0.217 e. The number of nitrogens with zero attached hydrogens (tertiary/aromatic N) is 1. The molecule has 1 aromatic carbocycles. The highest BCUT2D eigenvalue weighted by molar-refractivity contribution is 5.80. The number of benzene rings is 1. The number of ether oxygens (including phenoxy) is 1. The van der Waals surface area contributed by atoms with Crippen molar-refractivity contribution in [1.29, 1.82) is 0 Å². The van der Waals surface area contributed by atoms with Crippen LogP contribution < -0.4 is 10.1 Å². The largest absolute Gasteiger partial charge is 0.470 e. The van der Waals surface area contributed by atoms with Gasteiger partial charge in [-0.3, -0.25) is 0 Å². The van der Waals surface area contributed by atoms with Crippen molar-refractivity contribution >= 4 is 10.9 Å². The zero-order chi connectivity index (χ0) is 12.0. The molecule has 18 heavy (non-hydrogen) atoms. The van der Waals surface area contributed by atoms with Gasteiger partial charge in [0.2, 0.25) is 5.88 Å². The molecule has 0 radical (unpaired) electrons. The van der Waals surface area contributed by atoms with Gasteiger partial charge in [0.25, 0.3) is 0 Å². The third kappa shape index (κ3) is 1.51. The Morgan fingerprint density at radius 1 is 1.17 bits per heavy atom. The molecular formula is C15H16N2O. The van der Waals surface area contributed by atoms with E-state index in [2.05, 4.69) is 28.5 Å². The van der Waals surface area contributed by atoms with Gasteiger partial charge in [0.15, 0.2) is 0 Å². The standard InChI is InChI=1S/C15H16N2O/c1-2-4-13-11(3-1)9-12-10-15(18-14(12)17-13)5-7-16-8-6-15/h1-4,9,16H,5-8,10H2. The maximum Gasteiger partial charge on any atom is 0.217 e. The van der Waals surface area contributed by atoms with E-state index in [0.29, 0.717) is 0 Å². The molecule has 4 rings (SSSR count). The summed E-state index contributed by atoms with van der Waals surface area (Å²) in [6.45, 7) is 2.10. The Kier molecular flexibility index (Phi) is 2.12. The topological polar surface area (TPSA) is 34.2 Å². The normalized spacial score (nSPS) is 20.9. The summed E-state index contributed by atoms with van der Waals surface area (Å²) in [4.78, 5) is 4.66. The second-order valence-electron chi connectivity index (χ2n) is 5.36. The second kappa shape index (κ2) is 3.69. The van der Waals surface area contributed by atoms with Gasteiger partial charge in [-0.2, -0.15) is 0 Å². The molecule has 0 unspecified atom stereocenters. The van der Waals surface area contributed by atoms with Crippen LogP contribution in [0.3, 0.4) is 0 Å². The van der Waals surface area contributed by atoms with Crippen LogP contribution in [0.25, 0.3) is 10.9 Å². The Morgan fingerprint density at radius 2 is 2.00 bits per heavy atom. The second-order valence-corrected chi connectivity index (χ2v) is 5.36. The van der Waals surface area contributed by atoms with Crippen molar-refractivity contribution < 1.29 is 4.74 Å². The first-order valence-electron chi connectivity index (χ1n) is 6.63. The summed E-state index contributed by atoms with van der Waals surface area (Å²) in [5, 5.41) is 4.61. The van der Waals surface area contributed by atoms with Crippen molar-refractivity contribution in [3.05, 3.63) is 35.9 Å². The number of piperidine rings is 1. The van der Waals surface area contributed by atoms with Crippen molar-refractivity contribution in [1.82, 2.24) is 10.3 Å². The molecule has 1 saturated heterocycles. The van der Waals surface area contributed by atoms with E-state index in [-0.39, 0.29) is 5.60 Å². The van der Waals surface area contributed by atoms with Crippen LogP contribution in [0, 0.1) is 0 Å². The fourth-order valence-electron chi connectivity index (χ4n) is 3.11. The number of aromatic nitrogens is 1. The van der Waals surface area contributed by atoms with E-state index in [1.807, 2.05) is 12.1 Å². The van der Waals surface area contributed by atoms with E-state index in [1.165, 1.54) is 10.9 Å². The van der Waals surface area contributed by atoms with E-state index < -0.39 is 0 Å². The predicted octanol–water partition coefficient (Wildman–Crippen LogP) is 2.29. The Bertz CT molecular complexity index is 556. The van der Waals surface area contributed by atoms with Crippen molar-refractivity contribution in [3.8, 4) is 5.88 Å². The van der Waals surface area contributed by atoms with Gasteiger partial charge in [-0.05, 0) is 25.2 Å². The fourth-order valence-corrected chi connectivity index (χ4v) is 3.11. The van der Waals surface area contributed by atoms with Crippen LogP contribution in [0.4, 0.5) is 0 Å². The molecule has 3 nitrogen and oxygen atoms in total. The first kappa shape index (κ1) is 10.3. The van der Waals surface area contributed by atoms with E-state index in [1.54, 1.807) is 0 Å². The number of fused-ring (bicyclic) bond motifs is 2. The molecule has 1 N–H and O–H groups in total. The van der Waals surface area contributed by atoms with Crippen LogP contribution in [0.1, 0.15) is 18.4 Å². The molecule has 3 heteroatoms. The number of nitrogens with one attached hydrogen (secondary N) is 1. The van der Waals surface area contributed by atoms with Gasteiger partial charge >= 0.3 is 0 Å². The molecule has 2 aliphatic heterocycles. The summed E-state index contributed by atoms with van der Waals surface area (Å²) in [5.74, 6) is 0.857. The van der Waals surface area contributed by atoms with Crippen molar-refractivity contribution in [2.24, 2.45) is 0 Å². The molecule has 0 atom stereocenters. The zero-order valence-corrected chi connectivity index (χ0v) is 10.3. The number of rotatable bonds is 0. The summed E-state index contributed by atoms with van der Waals surface area (Å²) in [7, 11) is 0. The molecular weight excluding hydrogens is 224 g/mol. The minimum Gasteiger partial charge on any atom is -0.470 e. The molecule has 1 aromatic heterocycles. The van der Waals surface area contributed by atoms with Gasteiger partial charge in [-0.15, -0.1) is 0 Å². The Labute approximate surface area is 106 Å². The lowest BCUT2D eigenvalue weighted by molar-refractivity contribution is 0.0565. The highest BCUT2D eigenvalue weighted by atomic mass is 16.5. The summed E-state index contributed by atoms with van der Waals surface area (Å²) in [6.07, 6.45) is 3.18.